The molecule has 0 bridgehead atoms. The molecule has 10 heteroatoms. The third-order valence-electron chi connectivity index (χ3n) is 3.73. The summed E-state index contributed by atoms with van der Waals surface area (Å²) in [6, 6.07) is 9.43. The monoisotopic (exact) mass is 467 g/mol. The van der Waals surface area contributed by atoms with E-state index in [1.165, 1.54) is 27.3 Å². The van der Waals surface area contributed by atoms with Crippen LogP contribution in [0.25, 0.3) is 5.65 Å². The van der Waals surface area contributed by atoms with Gasteiger partial charge in [-0.2, -0.15) is 0 Å². The van der Waals surface area contributed by atoms with Gasteiger partial charge in [0, 0.05) is 35.0 Å². The Hall–Kier alpha value is -2.76. The summed E-state index contributed by atoms with van der Waals surface area (Å²) in [6.45, 7) is 0.671. The minimum atomic E-state index is -0.539. The number of nitrogens with zero attached hydrogens (tertiary/aromatic N) is 4. The Bertz CT molecular complexity index is 1040. The number of hydrogen-bond acceptors (Lipinski definition) is 5. The maximum atomic E-state index is 12.2. The van der Waals surface area contributed by atoms with Gasteiger partial charge in [0.05, 0.1) is 10.5 Å². The van der Waals surface area contributed by atoms with Gasteiger partial charge in [-0.15, -0.1) is 5.10 Å². The number of carbonyl (C=O) groups is 1. The van der Waals surface area contributed by atoms with Crippen LogP contribution in [0.5, 0.6) is 0 Å². The number of rotatable bonds is 6. The molecule has 9 nitrogen and oxygen atoms in total. The average molecular weight is 467 g/mol. The molecule has 0 atom stereocenters. The first-order valence-electron chi connectivity index (χ1n) is 7.74. The lowest BCUT2D eigenvalue weighted by Gasteiger charge is -2.06. The van der Waals surface area contributed by atoms with Gasteiger partial charge in [-0.05, 0) is 47.2 Å². The molecule has 0 saturated heterocycles. The Labute approximate surface area is 160 Å². The molecule has 1 N–H and O–H groups in total. The quantitative estimate of drug-likeness (QED) is 0.257. The number of nitro groups is 1. The summed E-state index contributed by atoms with van der Waals surface area (Å²) in [7, 11) is 0. The molecule has 3 aromatic rings. The molecule has 3 rings (SSSR count). The SMILES string of the molecule is O=C(NCCCn1nc2ccccn2c1=O)c1cc([N+](=O)[O-])ccc1I. The van der Waals surface area contributed by atoms with E-state index in [9.17, 15) is 19.7 Å². The van der Waals surface area contributed by atoms with Gasteiger partial charge in [-0.3, -0.25) is 19.3 Å². The van der Waals surface area contributed by atoms with E-state index in [0.29, 0.717) is 28.7 Å². The van der Waals surface area contributed by atoms with Crippen LogP contribution in [0, 0.1) is 13.7 Å². The van der Waals surface area contributed by atoms with Crippen molar-refractivity contribution < 1.29 is 9.72 Å². The van der Waals surface area contributed by atoms with Crippen molar-refractivity contribution in [3.05, 3.63) is 72.3 Å². The van der Waals surface area contributed by atoms with Crippen LogP contribution in [0.1, 0.15) is 16.8 Å². The molecule has 0 saturated carbocycles. The molecule has 0 aliphatic carbocycles. The summed E-state index contributed by atoms with van der Waals surface area (Å²) in [5, 5.41) is 17.8. The zero-order valence-electron chi connectivity index (χ0n) is 13.5. The maximum absolute atomic E-state index is 12.2. The summed E-state index contributed by atoms with van der Waals surface area (Å²) in [5.41, 5.74) is 0.448. The Morgan fingerprint density at radius 2 is 2.12 bits per heavy atom. The summed E-state index contributed by atoms with van der Waals surface area (Å²) >= 11 is 1.96. The molecule has 2 heterocycles. The van der Waals surface area contributed by atoms with Gasteiger partial charge in [-0.1, -0.05) is 6.07 Å². The number of aromatic nitrogens is 3. The van der Waals surface area contributed by atoms with E-state index in [1.807, 2.05) is 22.6 Å². The van der Waals surface area contributed by atoms with Crippen LogP contribution < -0.4 is 11.0 Å². The number of pyridine rings is 1. The van der Waals surface area contributed by atoms with Crippen LogP contribution in [0.4, 0.5) is 5.69 Å². The van der Waals surface area contributed by atoms with E-state index < -0.39 is 4.92 Å². The van der Waals surface area contributed by atoms with Crippen molar-refractivity contribution in [3.8, 4) is 0 Å². The molecule has 0 spiro atoms. The van der Waals surface area contributed by atoms with E-state index in [4.69, 9.17) is 0 Å². The fraction of sp³-hybridized carbons (Fsp3) is 0.188. The molecule has 0 fully saturated rings. The second-order valence-electron chi connectivity index (χ2n) is 5.47. The van der Waals surface area contributed by atoms with Crippen LogP contribution >= 0.6 is 22.6 Å². The average Bonchev–Trinajstić information content (AvgIpc) is 2.95. The molecule has 0 radical (unpaired) electrons. The minimum absolute atomic E-state index is 0.133. The smallest absolute Gasteiger partial charge is 0.350 e. The number of fused-ring (bicyclic) bond motifs is 1. The molecule has 1 amide bonds. The number of benzene rings is 1. The first-order valence-corrected chi connectivity index (χ1v) is 8.81. The van der Waals surface area contributed by atoms with Crippen molar-refractivity contribution in [2.24, 2.45) is 0 Å². The molecule has 0 aliphatic heterocycles. The van der Waals surface area contributed by atoms with Crippen LogP contribution in [-0.2, 0) is 6.54 Å². The number of hydrogen-bond donors (Lipinski definition) is 1. The van der Waals surface area contributed by atoms with Gasteiger partial charge in [-0.25, -0.2) is 9.48 Å². The highest BCUT2D eigenvalue weighted by molar-refractivity contribution is 14.1. The highest BCUT2D eigenvalue weighted by Crippen LogP contribution is 2.19. The number of aryl methyl sites for hydroxylation is 1. The van der Waals surface area contributed by atoms with Crippen LogP contribution in [0.15, 0.2) is 47.4 Å². The van der Waals surface area contributed by atoms with E-state index in [-0.39, 0.29) is 22.8 Å². The first-order chi connectivity index (χ1) is 12.5. The van der Waals surface area contributed by atoms with Crippen molar-refractivity contribution >= 4 is 39.8 Å². The number of nitro benzene ring substituents is 1. The van der Waals surface area contributed by atoms with E-state index in [2.05, 4.69) is 10.4 Å². The number of amides is 1. The standard InChI is InChI=1S/C16H14IN5O4/c17-13-6-5-11(22(25)26)10-12(13)15(23)18-7-3-9-21-16(24)20-8-2-1-4-14(20)19-21/h1-2,4-6,8,10H,3,7,9H2,(H,18,23). The molecule has 0 aliphatic rings. The van der Waals surface area contributed by atoms with Crippen molar-refractivity contribution in [1.82, 2.24) is 19.5 Å². The first kappa shape index (κ1) is 18.0. The summed E-state index contributed by atoms with van der Waals surface area (Å²) in [5.74, 6) is -0.388. The molecular formula is C16H14IN5O4. The second-order valence-corrected chi connectivity index (χ2v) is 6.63. The van der Waals surface area contributed by atoms with Crippen molar-refractivity contribution in [3.63, 3.8) is 0 Å². The Morgan fingerprint density at radius 1 is 1.31 bits per heavy atom. The van der Waals surface area contributed by atoms with E-state index in [1.54, 1.807) is 24.4 Å². The van der Waals surface area contributed by atoms with E-state index >= 15 is 0 Å². The summed E-state index contributed by atoms with van der Waals surface area (Å²) < 4.78 is 3.42. The van der Waals surface area contributed by atoms with Gasteiger partial charge < -0.3 is 5.32 Å². The van der Waals surface area contributed by atoms with Crippen LogP contribution in [-0.4, -0.2) is 31.6 Å². The predicted octanol–water partition coefficient (Wildman–Crippen LogP) is 1.83. The molecule has 26 heavy (non-hydrogen) atoms. The molecule has 1 aromatic carbocycles. The lowest BCUT2D eigenvalue weighted by Crippen LogP contribution is -2.28. The minimum Gasteiger partial charge on any atom is -0.352 e. The normalized spacial score (nSPS) is 10.8. The van der Waals surface area contributed by atoms with Gasteiger partial charge in [0.15, 0.2) is 5.65 Å². The largest absolute Gasteiger partial charge is 0.352 e. The third kappa shape index (κ3) is 3.74. The van der Waals surface area contributed by atoms with Crippen molar-refractivity contribution in [2.45, 2.75) is 13.0 Å². The second kappa shape index (κ2) is 7.64. The maximum Gasteiger partial charge on any atom is 0.350 e. The highest BCUT2D eigenvalue weighted by Gasteiger charge is 2.15. The van der Waals surface area contributed by atoms with Crippen LogP contribution in [0.2, 0.25) is 0 Å². The summed E-state index contributed by atoms with van der Waals surface area (Å²) in [6.07, 6.45) is 2.15. The lowest BCUT2D eigenvalue weighted by atomic mass is 10.2. The lowest BCUT2D eigenvalue weighted by molar-refractivity contribution is -0.384. The Balaban J connectivity index is 1.60. The number of non-ortho nitro benzene ring substituents is 1. The fourth-order valence-corrected chi connectivity index (χ4v) is 3.02. The zero-order chi connectivity index (χ0) is 18.7. The molecule has 2 aromatic heterocycles. The van der Waals surface area contributed by atoms with Crippen LogP contribution in [0.3, 0.4) is 0 Å². The Morgan fingerprint density at radius 3 is 2.85 bits per heavy atom. The molecule has 0 unspecified atom stereocenters. The number of halogens is 1. The predicted molar refractivity (Wildman–Crippen MR) is 102 cm³/mol. The number of carbonyl (C=O) groups excluding carboxylic acids is 1. The fourth-order valence-electron chi connectivity index (χ4n) is 2.44. The van der Waals surface area contributed by atoms with Crippen molar-refractivity contribution in [1.29, 1.82) is 0 Å². The van der Waals surface area contributed by atoms with E-state index in [0.717, 1.165) is 0 Å². The summed E-state index contributed by atoms with van der Waals surface area (Å²) in [4.78, 5) is 34.7. The Kier molecular flexibility index (Phi) is 5.30. The van der Waals surface area contributed by atoms with Gasteiger partial charge in [0.25, 0.3) is 11.6 Å². The highest BCUT2D eigenvalue weighted by atomic mass is 127. The van der Waals surface area contributed by atoms with Gasteiger partial charge in [0.2, 0.25) is 0 Å². The third-order valence-corrected chi connectivity index (χ3v) is 4.67. The topological polar surface area (TPSA) is 112 Å². The molecule has 134 valence electrons. The number of nitrogens with one attached hydrogen (secondary N) is 1. The molecular weight excluding hydrogens is 453 g/mol. The van der Waals surface area contributed by atoms with Gasteiger partial charge >= 0.3 is 5.69 Å². The van der Waals surface area contributed by atoms with Gasteiger partial charge in [0.1, 0.15) is 0 Å². The zero-order valence-corrected chi connectivity index (χ0v) is 15.6. The van der Waals surface area contributed by atoms with Crippen molar-refractivity contribution in [2.75, 3.05) is 6.54 Å².